The lowest BCUT2D eigenvalue weighted by atomic mass is 10.1. The second-order valence-electron chi connectivity index (χ2n) is 4.13. The van der Waals surface area contributed by atoms with Crippen molar-refractivity contribution in [2.75, 3.05) is 5.32 Å². The Bertz CT molecular complexity index is 669. The summed E-state index contributed by atoms with van der Waals surface area (Å²) in [5.74, 6) is -1.22. The molecule has 1 amide bonds. The zero-order valence-corrected chi connectivity index (χ0v) is 12.9. The number of amides is 1. The van der Waals surface area contributed by atoms with Crippen LogP contribution >= 0.6 is 27.3 Å². The third kappa shape index (κ3) is 3.64. The van der Waals surface area contributed by atoms with E-state index >= 15 is 0 Å². The van der Waals surface area contributed by atoms with Crippen molar-refractivity contribution in [1.29, 1.82) is 0 Å². The van der Waals surface area contributed by atoms with Crippen LogP contribution in [-0.4, -0.2) is 22.0 Å². The zero-order chi connectivity index (χ0) is 14.7. The molecule has 104 valence electrons. The molecule has 1 aromatic carbocycles. The Labute approximate surface area is 127 Å². The number of nitrogens with one attached hydrogen (secondary N) is 1. The lowest BCUT2D eigenvalue weighted by Gasteiger charge is -2.04. The van der Waals surface area contributed by atoms with Crippen LogP contribution in [0.4, 0.5) is 5.13 Å². The van der Waals surface area contributed by atoms with Gasteiger partial charge in [0.25, 0.3) is 5.91 Å². The van der Waals surface area contributed by atoms with E-state index in [1.807, 2.05) is 13.0 Å². The van der Waals surface area contributed by atoms with Gasteiger partial charge in [-0.2, -0.15) is 0 Å². The Morgan fingerprint density at radius 1 is 1.45 bits per heavy atom. The Hall–Kier alpha value is -1.73. The molecule has 0 saturated heterocycles. The Morgan fingerprint density at radius 3 is 2.85 bits per heavy atom. The number of carbonyl (C=O) groups excluding carboxylic acids is 1. The van der Waals surface area contributed by atoms with E-state index in [1.165, 1.54) is 11.3 Å². The molecule has 1 aromatic heterocycles. The van der Waals surface area contributed by atoms with E-state index in [4.69, 9.17) is 5.11 Å². The van der Waals surface area contributed by atoms with Crippen molar-refractivity contribution in [3.8, 4) is 0 Å². The van der Waals surface area contributed by atoms with Gasteiger partial charge in [0, 0.05) is 15.4 Å². The summed E-state index contributed by atoms with van der Waals surface area (Å²) in [7, 11) is 0. The molecule has 20 heavy (non-hydrogen) atoms. The topological polar surface area (TPSA) is 79.3 Å². The number of aliphatic carboxylic acids is 1. The van der Waals surface area contributed by atoms with Crippen LogP contribution in [0.1, 0.15) is 21.6 Å². The number of carboxylic acid groups (broad SMARTS) is 1. The Kier molecular flexibility index (Phi) is 4.51. The molecule has 0 spiro atoms. The summed E-state index contributed by atoms with van der Waals surface area (Å²) in [6.45, 7) is 1.94. The summed E-state index contributed by atoms with van der Waals surface area (Å²) in [5, 5.41) is 13.3. The van der Waals surface area contributed by atoms with Gasteiger partial charge in [0.2, 0.25) is 0 Å². The summed E-state index contributed by atoms with van der Waals surface area (Å²) >= 11 is 4.58. The molecule has 0 fully saturated rings. The van der Waals surface area contributed by atoms with Gasteiger partial charge in [-0.15, -0.1) is 11.3 Å². The fourth-order valence-corrected chi connectivity index (χ4v) is 2.59. The van der Waals surface area contributed by atoms with Crippen molar-refractivity contribution in [3.63, 3.8) is 0 Å². The van der Waals surface area contributed by atoms with Crippen LogP contribution in [0.25, 0.3) is 0 Å². The maximum atomic E-state index is 12.0. The average molecular weight is 355 g/mol. The lowest BCUT2D eigenvalue weighted by molar-refractivity contribution is -0.136. The van der Waals surface area contributed by atoms with Gasteiger partial charge in [0.1, 0.15) is 0 Å². The lowest BCUT2D eigenvalue weighted by Crippen LogP contribution is -2.12. The molecular weight excluding hydrogens is 344 g/mol. The number of anilines is 1. The molecule has 1 heterocycles. The highest BCUT2D eigenvalue weighted by molar-refractivity contribution is 9.10. The van der Waals surface area contributed by atoms with Crippen LogP contribution in [0.5, 0.6) is 0 Å². The van der Waals surface area contributed by atoms with Crippen LogP contribution in [0, 0.1) is 6.92 Å². The summed E-state index contributed by atoms with van der Waals surface area (Å²) < 4.78 is 0.857. The molecule has 0 aliphatic heterocycles. The zero-order valence-electron chi connectivity index (χ0n) is 10.5. The largest absolute Gasteiger partial charge is 0.481 e. The second kappa shape index (κ2) is 6.15. The predicted molar refractivity (Wildman–Crippen MR) is 80.3 cm³/mol. The van der Waals surface area contributed by atoms with Gasteiger partial charge in [-0.3, -0.25) is 14.9 Å². The number of aromatic nitrogens is 1. The van der Waals surface area contributed by atoms with Crippen molar-refractivity contribution in [1.82, 2.24) is 4.98 Å². The monoisotopic (exact) mass is 354 g/mol. The van der Waals surface area contributed by atoms with Gasteiger partial charge in [0.15, 0.2) is 5.13 Å². The number of carbonyl (C=O) groups is 2. The maximum absolute atomic E-state index is 12.0. The molecule has 0 aliphatic carbocycles. The number of thiazole rings is 1. The quantitative estimate of drug-likeness (QED) is 0.883. The highest BCUT2D eigenvalue weighted by Gasteiger charge is 2.11. The van der Waals surface area contributed by atoms with E-state index in [1.54, 1.807) is 17.5 Å². The SMILES string of the molecule is Cc1ccc(C(=O)Nc2nc(CC(=O)O)cs2)cc1Br. The number of halogens is 1. The van der Waals surface area contributed by atoms with Crippen LogP contribution < -0.4 is 5.32 Å². The van der Waals surface area contributed by atoms with E-state index in [9.17, 15) is 9.59 Å². The summed E-state index contributed by atoms with van der Waals surface area (Å²) in [6.07, 6.45) is -0.150. The fraction of sp³-hybridized carbons (Fsp3) is 0.154. The van der Waals surface area contributed by atoms with E-state index in [-0.39, 0.29) is 12.3 Å². The van der Waals surface area contributed by atoms with Crippen molar-refractivity contribution < 1.29 is 14.7 Å². The number of rotatable bonds is 4. The van der Waals surface area contributed by atoms with Gasteiger partial charge < -0.3 is 5.11 Å². The van der Waals surface area contributed by atoms with Crippen molar-refractivity contribution in [3.05, 3.63) is 44.9 Å². The number of benzene rings is 1. The van der Waals surface area contributed by atoms with E-state index < -0.39 is 5.97 Å². The first-order valence-corrected chi connectivity index (χ1v) is 7.36. The van der Waals surface area contributed by atoms with Gasteiger partial charge >= 0.3 is 5.97 Å². The van der Waals surface area contributed by atoms with E-state index in [0.29, 0.717) is 16.4 Å². The molecule has 5 nitrogen and oxygen atoms in total. The number of hydrogen-bond acceptors (Lipinski definition) is 4. The number of hydrogen-bond donors (Lipinski definition) is 2. The predicted octanol–water partition coefficient (Wildman–Crippen LogP) is 3.09. The van der Waals surface area contributed by atoms with Gasteiger partial charge in [-0.25, -0.2) is 4.98 Å². The molecule has 2 rings (SSSR count). The molecule has 0 unspecified atom stereocenters. The van der Waals surface area contributed by atoms with Crippen LogP contribution in [-0.2, 0) is 11.2 Å². The van der Waals surface area contributed by atoms with E-state index in [0.717, 1.165) is 10.0 Å². The maximum Gasteiger partial charge on any atom is 0.309 e. The molecule has 0 radical (unpaired) electrons. The van der Waals surface area contributed by atoms with Gasteiger partial charge in [0.05, 0.1) is 12.1 Å². The highest BCUT2D eigenvalue weighted by atomic mass is 79.9. The number of aryl methyl sites for hydroxylation is 1. The molecule has 0 aliphatic rings. The highest BCUT2D eigenvalue weighted by Crippen LogP contribution is 2.20. The van der Waals surface area contributed by atoms with Crippen molar-refractivity contribution in [2.24, 2.45) is 0 Å². The smallest absolute Gasteiger partial charge is 0.309 e. The molecule has 0 bridgehead atoms. The van der Waals surface area contributed by atoms with E-state index in [2.05, 4.69) is 26.2 Å². The fourth-order valence-electron chi connectivity index (χ4n) is 1.50. The normalized spacial score (nSPS) is 10.3. The average Bonchev–Trinajstić information content (AvgIpc) is 2.79. The van der Waals surface area contributed by atoms with Crippen LogP contribution in [0.15, 0.2) is 28.1 Å². The first-order chi connectivity index (χ1) is 9.45. The molecule has 2 aromatic rings. The first kappa shape index (κ1) is 14.7. The molecule has 0 atom stereocenters. The minimum atomic E-state index is -0.948. The Balaban J connectivity index is 2.09. The molecule has 2 N–H and O–H groups in total. The van der Waals surface area contributed by atoms with Crippen LogP contribution in [0.3, 0.4) is 0 Å². The Morgan fingerprint density at radius 2 is 2.20 bits per heavy atom. The second-order valence-corrected chi connectivity index (χ2v) is 5.85. The molecule has 0 saturated carbocycles. The van der Waals surface area contributed by atoms with Gasteiger partial charge in [-0.1, -0.05) is 22.0 Å². The third-order valence-electron chi connectivity index (χ3n) is 2.54. The summed E-state index contributed by atoms with van der Waals surface area (Å²) in [6, 6.07) is 5.30. The van der Waals surface area contributed by atoms with Gasteiger partial charge in [-0.05, 0) is 24.6 Å². The summed E-state index contributed by atoms with van der Waals surface area (Å²) in [5.41, 5.74) is 1.99. The van der Waals surface area contributed by atoms with Crippen molar-refractivity contribution >= 4 is 44.3 Å². The molecule has 7 heteroatoms. The summed E-state index contributed by atoms with van der Waals surface area (Å²) in [4.78, 5) is 26.6. The van der Waals surface area contributed by atoms with Crippen molar-refractivity contribution in [2.45, 2.75) is 13.3 Å². The number of nitrogens with zero attached hydrogens (tertiary/aromatic N) is 1. The minimum absolute atomic E-state index is 0.150. The molecular formula is C13H11BrN2O3S. The minimum Gasteiger partial charge on any atom is -0.481 e. The standard InChI is InChI=1S/C13H11BrN2O3S/c1-7-2-3-8(4-10(7)14)12(19)16-13-15-9(6-20-13)5-11(17)18/h2-4,6H,5H2,1H3,(H,17,18)(H,15,16,19). The van der Waals surface area contributed by atoms with Crippen LogP contribution in [0.2, 0.25) is 0 Å². The number of carboxylic acids is 1. The first-order valence-electron chi connectivity index (χ1n) is 5.69. The third-order valence-corrected chi connectivity index (χ3v) is 4.20.